The number of amides is 1. The largest absolute Gasteiger partial charge is 0.343 e. The Morgan fingerprint density at radius 3 is 2.43 bits per heavy atom. The van der Waals surface area contributed by atoms with E-state index in [1.165, 1.54) is 12.8 Å². The monoisotopic (exact) mass is 197 g/mol. The molecule has 0 aromatic heterocycles. The SMILES string of the molecule is CCCC(=O)N(C)C1CC(C(C)C)C1. The predicted octanol–water partition coefficient (Wildman–Crippen LogP) is 2.68. The Labute approximate surface area is 87.7 Å². The fraction of sp³-hybridized carbons (Fsp3) is 0.917. The van der Waals surface area contributed by atoms with E-state index in [9.17, 15) is 4.79 Å². The molecule has 1 rings (SSSR count). The van der Waals surface area contributed by atoms with Crippen LogP contribution >= 0.6 is 0 Å². The lowest BCUT2D eigenvalue weighted by molar-refractivity contribution is -0.134. The van der Waals surface area contributed by atoms with Gasteiger partial charge >= 0.3 is 0 Å². The van der Waals surface area contributed by atoms with Gasteiger partial charge in [0.1, 0.15) is 0 Å². The van der Waals surface area contributed by atoms with Gasteiger partial charge in [0.05, 0.1) is 0 Å². The Kier molecular flexibility index (Phi) is 3.97. The zero-order valence-electron chi connectivity index (χ0n) is 9.92. The molecular formula is C12H23NO. The number of rotatable bonds is 4. The molecule has 0 spiro atoms. The third kappa shape index (κ3) is 2.49. The second-order valence-corrected chi connectivity index (χ2v) is 4.88. The van der Waals surface area contributed by atoms with Crippen molar-refractivity contribution in [1.29, 1.82) is 0 Å². The lowest BCUT2D eigenvalue weighted by Crippen LogP contribution is -2.46. The molecule has 0 bridgehead atoms. The van der Waals surface area contributed by atoms with E-state index in [0.29, 0.717) is 18.4 Å². The van der Waals surface area contributed by atoms with E-state index in [0.717, 1.165) is 18.3 Å². The molecule has 0 heterocycles. The van der Waals surface area contributed by atoms with Crippen LogP contribution in [0.4, 0.5) is 0 Å². The van der Waals surface area contributed by atoms with Crippen molar-refractivity contribution in [3.63, 3.8) is 0 Å². The molecule has 14 heavy (non-hydrogen) atoms. The van der Waals surface area contributed by atoms with E-state index < -0.39 is 0 Å². The summed E-state index contributed by atoms with van der Waals surface area (Å²) >= 11 is 0. The first-order valence-electron chi connectivity index (χ1n) is 5.81. The predicted molar refractivity (Wildman–Crippen MR) is 59.0 cm³/mol. The molecule has 0 aromatic rings. The summed E-state index contributed by atoms with van der Waals surface area (Å²) in [4.78, 5) is 13.5. The van der Waals surface area contributed by atoms with Crippen LogP contribution < -0.4 is 0 Å². The first-order valence-corrected chi connectivity index (χ1v) is 5.81. The summed E-state index contributed by atoms with van der Waals surface area (Å²) in [6, 6.07) is 0.529. The summed E-state index contributed by atoms with van der Waals surface area (Å²) in [5, 5.41) is 0. The minimum absolute atomic E-state index is 0.319. The molecule has 0 aliphatic heterocycles. The summed E-state index contributed by atoms with van der Waals surface area (Å²) < 4.78 is 0. The summed E-state index contributed by atoms with van der Waals surface area (Å²) in [5.74, 6) is 1.94. The quantitative estimate of drug-likeness (QED) is 0.678. The molecule has 1 saturated carbocycles. The van der Waals surface area contributed by atoms with Crippen LogP contribution in [0.1, 0.15) is 46.5 Å². The number of hydrogen-bond acceptors (Lipinski definition) is 1. The van der Waals surface area contributed by atoms with Crippen molar-refractivity contribution >= 4 is 5.91 Å². The van der Waals surface area contributed by atoms with Gasteiger partial charge in [0.15, 0.2) is 0 Å². The van der Waals surface area contributed by atoms with Crippen LogP contribution in [0.5, 0.6) is 0 Å². The first kappa shape index (κ1) is 11.5. The van der Waals surface area contributed by atoms with Crippen molar-refractivity contribution in [1.82, 2.24) is 4.90 Å². The Morgan fingerprint density at radius 1 is 1.43 bits per heavy atom. The van der Waals surface area contributed by atoms with Gasteiger partial charge in [-0.3, -0.25) is 4.79 Å². The topological polar surface area (TPSA) is 20.3 Å². The molecule has 82 valence electrons. The average molecular weight is 197 g/mol. The zero-order valence-corrected chi connectivity index (χ0v) is 9.92. The van der Waals surface area contributed by atoms with Crippen LogP contribution in [0.3, 0.4) is 0 Å². The lowest BCUT2D eigenvalue weighted by atomic mass is 9.73. The molecule has 0 aromatic carbocycles. The summed E-state index contributed by atoms with van der Waals surface area (Å²) in [7, 11) is 1.96. The Morgan fingerprint density at radius 2 is 2.00 bits per heavy atom. The van der Waals surface area contributed by atoms with Crippen molar-refractivity contribution < 1.29 is 4.79 Å². The Bertz CT molecular complexity index is 194. The highest BCUT2D eigenvalue weighted by atomic mass is 16.2. The van der Waals surface area contributed by atoms with Crippen molar-refractivity contribution in [2.75, 3.05) is 7.05 Å². The normalized spacial score (nSPS) is 26.1. The molecule has 2 nitrogen and oxygen atoms in total. The third-order valence-corrected chi connectivity index (χ3v) is 3.50. The molecule has 0 radical (unpaired) electrons. The van der Waals surface area contributed by atoms with Crippen molar-refractivity contribution in [3.05, 3.63) is 0 Å². The number of hydrogen-bond donors (Lipinski definition) is 0. The fourth-order valence-corrected chi connectivity index (χ4v) is 2.08. The minimum atomic E-state index is 0.319. The Hall–Kier alpha value is -0.530. The van der Waals surface area contributed by atoms with Crippen LogP contribution in [0.2, 0.25) is 0 Å². The molecule has 1 fully saturated rings. The van der Waals surface area contributed by atoms with Crippen molar-refractivity contribution in [2.24, 2.45) is 11.8 Å². The third-order valence-electron chi connectivity index (χ3n) is 3.50. The van der Waals surface area contributed by atoms with Crippen LogP contribution in [-0.4, -0.2) is 23.9 Å². The maximum absolute atomic E-state index is 11.6. The van der Waals surface area contributed by atoms with Crippen LogP contribution in [0, 0.1) is 11.8 Å². The van der Waals surface area contributed by atoms with Gasteiger partial charge in [0.25, 0.3) is 0 Å². The first-order chi connectivity index (χ1) is 6.56. The molecule has 0 saturated heterocycles. The van der Waals surface area contributed by atoms with E-state index in [1.54, 1.807) is 0 Å². The van der Waals surface area contributed by atoms with Gasteiger partial charge in [-0.05, 0) is 31.1 Å². The van der Waals surface area contributed by atoms with E-state index in [-0.39, 0.29) is 0 Å². The van der Waals surface area contributed by atoms with Crippen LogP contribution in [0.25, 0.3) is 0 Å². The van der Waals surface area contributed by atoms with Crippen molar-refractivity contribution in [3.8, 4) is 0 Å². The van der Waals surface area contributed by atoms with Gasteiger partial charge in [-0.1, -0.05) is 20.8 Å². The van der Waals surface area contributed by atoms with Gasteiger partial charge < -0.3 is 4.90 Å². The van der Waals surface area contributed by atoms with Crippen molar-refractivity contribution in [2.45, 2.75) is 52.5 Å². The second kappa shape index (κ2) is 4.81. The zero-order chi connectivity index (χ0) is 10.7. The summed E-state index contributed by atoms with van der Waals surface area (Å²) in [6.45, 7) is 6.60. The molecule has 1 aliphatic rings. The minimum Gasteiger partial charge on any atom is -0.343 e. The molecule has 0 N–H and O–H groups in total. The van der Waals surface area contributed by atoms with Gasteiger partial charge in [0.2, 0.25) is 5.91 Å². The molecule has 1 amide bonds. The van der Waals surface area contributed by atoms with E-state index >= 15 is 0 Å². The molecule has 2 heteroatoms. The molecule has 1 aliphatic carbocycles. The average Bonchev–Trinajstić information content (AvgIpc) is 2.00. The van der Waals surface area contributed by atoms with Gasteiger partial charge in [-0.2, -0.15) is 0 Å². The second-order valence-electron chi connectivity index (χ2n) is 4.88. The number of nitrogens with zero attached hydrogens (tertiary/aromatic N) is 1. The molecule has 0 unspecified atom stereocenters. The van der Waals surface area contributed by atoms with Gasteiger partial charge in [-0.25, -0.2) is 0 Å². The van der Waals surface area contributed by atoms with Crippen LogP contribution in [0.15, 0.2) is 0 Å². The maximum atomic E-state index is 11.6. The summed E-state index contributed by atoms with van der Waals surface area (Å²) in [5.41, 5.74) is 0. The molecule has 0 atom stereocenters. The highest BCUT2D eigenvalue weighted by molar-refractivity contribution is 5.76. The standard InChI is InChI=1S/C12H23NO/c1-5-6-12(14)13(4)11-7-10(8-11)9(2)3/h9-11H,5-8H2,1-4H3. The van der Waals surface area contributed by atoms with Crippen LogP contribution in [-0.2, 0) is 4.79 Å². The number of carbonyl (C=O) groups is 1. The summed E-state index contributed by atoms with van der Waals surface area (Å²) in [6.07, 6.45) is 4.09. The highest BCUT2D eigenvalue weighted by Crippen LogP contribution is 2.36. The Balaban J connectivity index is 2.28. The number of carbonyl (C=O) groups excluding carboxylic acids is 1. The lowest BCUT2D eigenvalue weighted by Gasteiger charge is -2.43. The maximum Gasteiger partial charge on any atom is 0.222 e. The van der Waals surface area contributed by atoms with Gasteiger partial charge in [0, 0.05) is 19.5 Å². The fourth-order valence-electron chi connectivity index (χ4n) is 2.08. The van der Waals surface area contributed by atoms with E-state index in [2.05, 4.69) is 20.8 Å². The van der Waals surface area contributed by atoms with Gasteiger partial charge in [-0.15, -0.1) is 0 Å². The van der Waals surface area contributed by atoms with E-state index in [4.69, 9.17) is 0 Å². The molecular weight excluding hydrogens is 174 g/mol. The van der Waals surface area contributed by atoms with E-state index in [1.807, 2.05) is 11.9 Å². The smallest absolute Gasteiger partial charge is 0.222 e. The highest BCUT2D eigenvalue weighted by Gasteiger charge is 2.35.